The Labute approximate surface area is 121 Å². The molecule has 1 aliphatic rings. The molecule has 1 rings (SSSR count). The molecule has 20 heavy (non-hydrogen) atoms. The number of rotatable bonds is 8. The predicted octanol–water partition coefficient (Wildman–Crippen LogP) is 0.373. The molecule has 7 heteroatoms. The number of carbonyl (C=O) groups excluding carboxylic acids is 1. The molecule has 0 spiro atoms. The van der Waals surface area contributed by atoms with E-state index in [4.69, 9.17) is 0 Å². The lowest BCUT2D eigenvalue weighted by molar-refractivity contribution is -0.123. The van der Waals surface area contributed by atoms with Crippen LogP contribution in [0.1, 0.15) is 46.0 Å². The van der Waals surface area contributed by atoms with Gasteiger partial charge in [-0.3, -0.25) is 4.79 Å². The first kappa shape index (κ1) is 17.4. The number of hydrogen-bond acceptors (Lipinski definition) is 4. The number of aliphatic hydroxyl groups excluding tert-OH is 1. The van der Waals surface area contributed by atoms with Crippen molar-refractivity contribution in [2.45, 2.75) is 52.0 Å². The summed E-state index contributed by atoms with van der Waals surface area (Å²) in [6.07, 6.45) is 4.45. The van der Waals surface area contributed by atoms with Gasteiger partial charge in [0.05, 0.1) is 18.4 Å². The summed E-state index contributed by atoms with van der Waals surface area (Å²) in [6, 6.07) is -0.788. The van der Waals surface area contributed by atoms with Gasteiger partial charge >= 0.3 is 0 Å². The first-order valence-corrected chi connectivity index (χ1v) is 8.88. The van der Waals surface area contributed by atoms with Gasteiger partial charge in [-0.15, -0.1) is 0 Å². The van der Waals surface area contributed by atoms with Crippen LogP contribution in [-0.2, 0) is 14.8 Å². The third kappa shape index (κ3) is 5.03. The molecule has 0 aromatic heterocycles. The highest BCUT2D eigenvalue weighted by Crippen LogP contribution is 2.36. The summed E-state index contributed by atoms with van der Waals surface area (Å²) in [5.41, 5.74) is -0.225. The van der Waals surface area contributed by atoms with Gasteiger partial charge in [0.1, 0.15) is 0 Å². The molecule has 1 unspecified atom stereocenters. The Kier molecular flexibility index (Phi) is 6.42. The van der Waals surface area contributed by atoms with Crippen LogP contribution in [-0.4, -0.2) is 44.4 Å². The Bertz CT molecular complexity index is 416. The second-order valence-electron chi connectivity index (χ2n) is 5.74. The van der Waals surface area contributed by atoms with E-state index >= 15 is 0 Å². The van der Waals surface area contributed by atoms with Gasteiger partial charge in [0.15, 0.2) is 0 Å². The van der Waals surface area contributed by atoms with Gasteiger partial charge in [-0.05, 0) is 26.2 Å². The lowest BCUT2D eigenvalue weighted by Crippen LogP contribution is -2.48. The molecule has 3 N–H and O–H groups in total. The maximum atomic E-state index is 11.9. The molecule has 1 amide bonds. The number of aliphatic hydroxyl groups is 1. The number of carbonyl (C=O) groups is 1. The van der Waals surface area contributed by atoms with Gasteiger partial charge in [-0.25, -0.2) is 13.1 Å². The fraction of sp³-hybridized carbons (Fsp3) is 0.923. The highest BCUT2D eigenvalue weighted by Gasteiger charge is 2.34. The Morgan fingerprint density at radius 3 is 2.45 bits per heavy atom. The van der Waals surface area contributed by atoms with Gasteiger partial charge < -0.3 is 10.4 Å². The van der Waals surface area contributed by atoms with E-state index in [1.54, 1.807) is 6.92 Å². The highest BCUT2D eigenvalue weighted by molar-refractivity contribution is 7.89. The Morgan fingerprint density at radius 2 is 1.95 bits per heavy atom. The number of nitrogens with one attached hydrogen (secondary N) is 2. The van der Waals surface area contributed by atoms with Crippen molar-refractivity contribution in [3.8, 4) is 0 Å². The minimum absolute atomic E-state index is 0.0190. The standard InChI is InChI=1S/C13H26N2O4S/c1-3-8-20(18,19)15-11(2)12(17)14-9-13(10-16)6-4-5-7-13/h11,15-16H,3-10H2,1-2H3,(H,14,17). The van der Waals surface area contributed by atoms with Crippen LogP contribution >= 0.6 is 0 Å². The van der Waals surface area contributed by atoms with E-state index < -0.39 is 16.1 Å². The first-order chi connectivity index (χ1) is 9.34. The summed E-state index contributed by atoms with van der Waals surface area (Å²) in [5.74, 6) is -0.324. The Morgan fingerprint density at radius 1 is 1.35 bits per heavy atom. The highest BCUT2D eigenvalue weighted by atomic mass is 32.2. The Hall–Kier alpha value is -0.660. The molecular formula is C13H26N2O4S. The maximum Gasteiger partial charge on any atom is 0.237 e. The average molecular weight is 306 g/mol. The van der Waals surface area contributed by atoms with Gasteiger partial charge in [0.2, 0.25) is 15.9 Å². The van der Waals surface area contributed by atoms with Gasteiger partial charge in [0.25, 0.3) is 0 Å². The van der Waals surface area contributed by atoms with Crippen molar-refractivity contribution in [1.29, 1.82) is 0 Å². The molecule has 0 heterocycles. The fourth-order valence-electron chi connectivity index (χ4n) is 2.59. The lowest BCUT2D eigenvalue weighted by atomic mass is 9.87. The van der Waals surface area contributed by atoms with Crippen LogP contribution in [0.2, 0.25) is 0 Å². The predicted molar refractivity (Wildman–Crippen MR) is 77.7 cm³/mol. The molecule has 6 nitrogen and oxygen atoms in total. The summed E-state index contributed by atoms with van der Waals surface area (Å²) < 4.78 is 25.5. The molecule has 1 atom stereocenters. The topological polar surface area (TPSA) is 95.5 Å². The van der Waals surface area contributed by atoms with E-state index in [2.05, 4.69) is 10.0 Å². The van der Waals surface area contributed by atoms with Crippen LogP contribution in [0.3, 0.4) is 0 Å². The van der Waals surface area contributed by atoms with Crippen LogP contribution in [0.25, 0.3) is 0 Å². The molecule has 0 aliphatic heterocycles. The van der Waals surface area contributed by atoms with Crippen LogP contribution < -0.4 is 10.0 Å². The Balaban J connectivity index is 2.46. The minimum atomic E-state index is -3.39. The zero-order valence-corrected chi connectivity index (χ0v) is 13.1. The minimum Gasteiger partial charge on any atom is -0.396 e. The van der Waals surface area contributed by atoms with Crippen molar-refractivity contribution in [2.24, 2.45) is 5.41 Å². The fourth-order valence-corrected chi connectivity index (χ4v) is 3.90. The number of hydrogen-bond donors (Lipinski definition) is 3. The maximum absolute atomic E-state index is 11.9. The van der Waals surface area contributed by atoms with E-state index in [0.717, 1.165) is 25.7 Å². The second kappa shape index (κ2) is 7.38. The summed E-state index contributed by atoms with van der Waals surface area (Å²) >= 11 is 0. The van der Waals surface area contributed by atoms with Gasteiger partial charge in [0, 0.05) is 12.0 Å². The monoisotopic (exact) mass is 306 g/mol. The largest absolute Gasteiger partial charge is 0.396 e. The zero-order chi connectivity index (χ0) is 15.2. The second-order valence-corrected chi connectivity index (χ2v) is 7.61. The van der Waals surface area contributed by atoms with Crippen LogP contribution in [0, 0.1) is 5.41 Å². The van der Waals surface area contributed by atoms with Crippen molar-refractivity contribution in [2.75, 3.05) is 18.9 Å². The van der Waals surface area contributed by atoms with E-state index in [0.29, 0.717) is 13.0 Å². The van der Waals surface area contributed by atoms with Crippen LogP contribution in [0.4, 0.5) is 0 Å². The van der Waals surface area contributed by atoms with Gasteiger partial charge in [-0.2, -0.15) is 0 Å². The van der Waals surface area contributed by atoms with Crippen LogP contribution in [0.15, 0.2) is 0 Å². The van der Waals surface area contributed by atoms with Crippen molar-refractivity contribution in [1.82, 2.24) is 10.0 Å². The smallest absolute Gasteiger partial charge is 0.237 e. The molecule has 0 aromatic carbocycles. The summed E-state index contributed by atoms with van der Waals surface area (Å²) in [7, 11) is -3.39. The third-order valence-corrected chi connectivity index (χ3v) is 5.52. The van der Waals surface area contributed by atoms with E-state index in [1.165, 1.54) is 6.92 Å². The summed E-state index contributed by atoms with van der Waals surface area (Å²) in [4.78, 5) is 11.9. The van der Waals surface area contributed by atoms with Crippen molar-refractivity contribution < 1.29 is 18.3 Å². The van der Waals surface area contributed by atoms with Crippen LogP contribution in [0.5, 0.6) is 0 Å². The normalized spacial score (nSPS) is 19.8. The average Bonchev–Trinajstić information content (AvgIpc) is 2.84. The van der Waals surface area contributed by atoms with Crippen molar-refractivity contribution in [3.05, 3.63) is 0 Å². The quantitative estimate of drug-likeness (QED) is 0.604. The number of sulfonamides is 1. The van der Waals surface area contributed by atoms with E-state index in [-0.39, 0.29) is 23.7 Å². The zero-order valence-electron chi connectivity index (χ0n) is 12.3. The molecule has 1 fully saturated rings. The molecular weight excluding hydrogens is 280 g/mol. The third-order valence-electron chi connectivity index (χ3n) is 3.86. The van der Waals surface area contributed by atoms with Crippen molar-refractivity contribution >= 4 is 15.9 Å². The molecule has 0 aromatic rings. The van der Waals surface area contributed by atoms with Crippen molar-refractivity contribution in [3.63, 3.8) is 0 Å². The number of amides is 1. The van der Waals surface area contributed by atoms with E-state index in [1.807, 2.05) is 0 Å². The molecule has 1 saturated carbocycles. The molecule has 1 aliphatic carbocycles. The SMILES string of the molecule is CCCS(=O)(=O)NC(C)C(=O)NCC1(CO)CCCC1. The molecule has 0 radical (unpaired) electrons. The molecule has 0 saturated heterocycles. The lowest BCUT2D eigenvalue weighted by Gasteiger charge is -2.27. The first-order valence-electron chi connectivity index (χ1n) is 7.23. The van der Waals surface area contributed by atoms with Gasteiger partial charge in [-0.1, -0.05) is 19.8 Å². The molecule has 118 valence electrons. The summed E-state index contributed by atoms with van der Waals surface area (Å²) in [6.45, 7) is 3.77. The summed E-state index contributed by atoms with van der Waals surface area (Å²) in [5, 5.41) is 12.2. The molecule has 0 bridgehead atoms. The van der Waals surface area contributed by atoms with E-state index in [9.17, 15) is 18.3 Å².